The van der Waals surface area contributed by atoms with Gasteiger partial charge in [0.15, 0.2) is 0 Å². The van der Waals surface area contributed by atoms with E-state index in [9.17, 15) is 18.0 Å². The first-order valence-corrected chi connectivity index (χ1v) is 14.4. The van der Waals surface area contributed by atoms with Gasteiger partial charge in [-0.25, -0.2) is 8.42 Å². The minimum atomic E-state index is -3.78. The van der Waals surface area contributed by atoms with Crippen molar-refractivity contribution in [1.29, 1.82) is 0 Å². The second kappa shape index (κ2) is 12.6. The second-order valence-electron chi connectivity index (χ2n) is 9.89. The molecule has 7 nitrogen and oxygen atoms in total. The topological polar surface area (TPSA) is 86.8 Å². The summed E-state index contributed by atoms with van der Waals surface area (Å²) in [5, 5.41) is 3.33. The van der Waals surface area contributed by atoms with Crippen LogP contribution in [0.4, 0.5) is 5.69 Å². The van der Waals surface area contributed by atoms with Crippen molar-refractivity contribution in [1.82, 2.24) is 10.2 Å². The van der Waals surface area contributed by atoms with E-state index in [1.54, 1.807) is 30.3 Å². The van der Waals surface area contributed by atoms with E-state index >= 15 is 0 Å². The normalized spacial score (nSPS) is 12.6. The van der Waals surface area contributed by atoms with Crippen LogP contribution in [0.15, 0.2) is 48.5 Å². The van der Waals surface area contributed by atoms with Crippen molar-refractivity contribution >= 4 is 39.1 Å². The zero-order valence-corrected chi connectivity index (χ0v) is 23.6. The Hall–Kier alpha value is -2.58. The van der Waals surface area contributed by atoms with Crippen LogP contribution in [0.5, 0.6) is 0 Å². The van der Waals surface area contributed by atoms with Gasteiger partial charge in [-0.15, -0.1) is 0 Å². The zero-order valence-electron chi connectivity index (χ0n) is 22.0. The van der Waals surface area contributed by atoms with E-state index < -0.39 is 28.5 Å². The molecular formula is C27H38ClN3O4S. The molecule has 9 heteroatoms. The Labute approximate surface area is 220 Å². The smallest absolute Gasteiger partial charge is 0.244 e. The first kappa shape index (κ1) is 29.6. The third-order valence-electron chi connectivity index (χ3n) is 5.93. The van der Waals surface area contributed by atoms with Gasteiger partial charge >= 0.3 is 0 Å². The van der Waals surface area contributed by atoms with Crippen molar-refractivity contribution in [3.8, 4) is 0 Å². The van der Waals surface area contributed by atoms with Gasteiger partial charge in [-0.2, -0.15) is 0 Å². The van der Waals surface area contributed by atoms with Crippen LogP contribution in [0, 0.1) is 0 Å². The highest BCUT2D eigenvalue weighted by molar-refractivity contribution is 7.92. The first-order valence-electron chi connectivity index (χ1n) is 12.2. The fourth-order valence-electron chi connectivity index (χ4n) is 3.84. The lowest BCUT2D eigenvalue weighted by Gasteiger charge is -2.33. The monoisotopic (exact) mass is 535 g/mol. The van der Waals surface area contributed by atoms with Gasteiger partial charge in [-0.05, 0) is 47.6 Å². The van der Waals surface area contributed by atoms with Crippen LogP contribution in [0.1, 0.15) is 58.6 Å². The molecule has 0 saturated carbocycles. The molecule has 0 aliphatic carbocycles. The molecule has 0 aromatic heterocycles. The number of nitrogens with one attached hydrogen (secondary N) is 1. The number of hydrogen-bond acceptors (Lipinski definition) is 4. The number of rotatable bonds is 11. The predicted molar refractivity (Wildman–Crippen MR) is 147 cm³/mol. The molecule has 2 rings (SSSR count). The molecule has 2 aromatic rings. The van der Waals surface area contributed by atoms with E-state index in [1.165, 1.54) is 4.90 Å². The zero-order chi connectivity index (χ0) is 27.1. The summed E-state index contributed by atoms with van der Waals surface area (Å²) in [6.07, 6.45) is 2.19. The maximum Gasteiger partial charge on any atom is 0.244 e. The number of sulfonamides is 1. The lowest BCUT2D eigenvalue weighted by molar-refractivity contribution is -0.140. The number of halogens is 1. The highest BCUT2D eigenvalue weighted by Gasteiger charge is 2.32. The summed E-state index contributed by atoms with van der Waals surface area (Å²) in [7, 11) is -3.78. The summed E-state index contributed by atoms with van der Waals surface area (Å²) < 4.78 is 26.6. The Morgan fingerprint density at radius 2 is 1.64 bits per heavy atom. The lowest BCUT2D eigenvalue weighted by Crippen LogP contribution is -2.52. The van der Waals surface area contributed by atoms with Gasteiger partial charge in [0, 0.05) is 18.1 Å². The standard InChI is InChI=1S/C27H38ClN3O4S/c1-7-17-29-26(33)24(8-2)30(18-20-11-9-10-12-23(20)28)25(32)19-31(36(6,34)35)22-15-13-21(14-16-22)27(3,4)5/h9-16,24H,7-8,17-19H2,1-6H3,(H,29,33)/t24-/m0/s1. The van der Waals surface area contributed by atoms with E-state index in [4.69, 9.17) is 11.6 Å². The number of carbonyl (C=O) groups is 2. The third-order valence-corrected chi connectivity index (χ3v) is 7.44. The summed E-state index contributed by atoms with van der Waals surface area (Å²) in [6, 6.07) is 13.5. The highest BCUT2D eigenvalue weighted by Crippen LogP contribution is 2.27. The molecule has 2 amide bonds. The molecule has 0 aliphatic rings. The summed E-state index contributed by atoms with van der Waals surface area (Å²) in [4.78, 5) is 28.1. The summed E-state index contributed by atoms with van der Waals surface area (Å²) >= 11 is 6.37. The summed E-state index contributed by atoms with van der Waals surface area (Å²) in [5.74, 6) is -0.765. The quantitative estimate of drug-likeness (QED) is 0.450. The molecule has 0 spiro atoms. The van der Waals surface area contributed by atoms with Gasteiger partial charge < -0.3 is 10.2 Å². The van der Waals surface area contributed by atoms with E-state index in [0.717, 1.165) is 22.5 Å². The van der Waals surface area contributed by atoms with Gasteiger partial charge in [0.05, 0.1) is 11.9 Å². The van der Waals surface area contributed by atoms with Crippen LogP contribution < -0.4 is 9.62 Å². The van der Waals surface area contributed by atoms with Crippen LogP contribution in [0.3, 0.4) is 0 Å². The molecule has 0 fully saturated rings. The SMILES string of the molecule is CCCNC(=O)[C@H](CC)N(Cc1ccccc1Cl)C(=O)CN(c1ccc(C(C)(C)C)cc1)S(C)(=O)=O. The molecular weight excluding hydrogens is 498 g/mol. The Morgan fingerprint density at radius 3 is 2.14 bits per heavy atom. The lowest BCUT2D eigenvalue weighted by atomic mass is 9.87. The summed E-state index contributed by atoms with van der Waals surface area (Å²) in [6.45, 7) is 10.1. The van der Waals surface area contributed by atoms with Crippen molar-refractivity contribution in [2.75, 3.05) is 23.7 Å². The predicted octanol–water partition coefficient (Wildman–Crippen LogP) is 4.74. The van der Waals surface area contributed by atoms with Gasteiger partial charge in [0.25, 0.3) is 0 Å². The van der Waals surface area contributed by atoms with Crippen molar-refractivity contribution in [2.24, 2.45) is 0 Å². The van der Waals surface area contributed by atoms with Crippen LogP contribution in [-0.4, -0.2) is 50.5 Å². The van der Waals surface area contributed by atoms with E-state index in [1.807, 2.05) is 32.0 Å². The highest BCUT2D eigenvalue weighted by atomic mass is 35.5. The number of anilines is 1. The van der Waals surface area contributed by atoms with Crippen LogP contribution in [0.2, 0.25) is 5.02 Å². The fraction of sp³-hybridized carbons (Fsp3) is 0.481. The first-order chi connectivity index (χ1) is 16.8. The Bertz CT molecular complexity index is 1140. The van der Waals surface area contributed by atoms with Crippen LogP contribution >= 0.6 is 11.6 Å². The number of carbonyl (C=O) groups excluding carboxylic acids is 2. The van der Waals surface area contributed by atoms with Crippen molar-refractivity contribution < 1.29 is 18.0 Å². The largest absolute Gasteiger partial charge is 0.354 e. The maximum atomic E-state index is 13.7. The van der Waals surface area contributed by atoms with Gasteiger partial charge in [0.2, 0.25) is 21.8 Å². The molecule has 0 saturated heterocycles. The molecule has 1 atom stereocenters. The molecule has 0 aliphatic heterocycles. The average molecular weight is 536 g/mol. The maximum absolute atomic E-state index is 13.7. The molecule has 0 heterocycles. The molecule has 1 N–H and O–H groups in total. The molecule has 36 heavy (non-hydrogen) atoms. The van der Waals surface area contributed by atoms with E-state index in [-0.39, 0.29) is 17.9 Å². The van der Waals surface area contributed by atoms with Crippen LogP contribution in [0.25, 0.3) is 0 Å². The number of benzene rings is 2. The molecule has 0 bridgehead atoms. The Balaban J connectivity index is 2.44. The fourth-order valence-corrected chi connectivity index (χ4v) is 4.88. The molecule has 198 valence electrons. The van der Waals surface area contributed by atoms with Crippen molar-refractivity contribution in [3.63, 3.8) is 0 Å². The second-order valence-corrected chi connectivity index (χ2v) is 12.2. The Kier molecular flexibility index (Phi) is 10.4. The summed E-state index contributed by atoms with van der Waals surface area (Å²) in [5.41, 5.74) is 2.01. The molecule has 2 aromatic carbocycles. The van der Waals surface area contributed by atoms with Crippen molar-refractivity contribution in [3.05, 3.63) is 64.7 Å². The minimum absolute atomic E-state index is 0.0805. The van der Waals surface area contributed by atoms with Gasteiger partial charge in [-0.3, -0.25) is 13.9 Å². The van der Waals surface area contributed by atoms with E-state index in [2.05, 4.69) is 26.1 Å². The average Bonchev–Trinajstić information content (AvgIpc) is 2.80. The number of hydrogen-bond donors (Lipinski definition) is 1. The molecule has 0 unspecified atom stereocenters. The van der Waals surface area contributed by atoms with Crippen molar-refractivity contribution in [2.45, 2.75) is 65.5 Å². The van der Waals surface area contributed by atoms with Gasteiger partial charge in [-0.1, -0.05) is 76.6 Å². The van der Waals surface area contributed by atoms with Crippen LogP contribution in [-0.2, 0) is 31.6 Å². The minimum Gasteiger partial charge on any atom is -0.354 e. The van der Waals surface area contributed by atoms with E-state index in [0.29, 0.717) is 29.2 Å². The Morgan fingerprint density at radius 1 is 1.03 bits per heavy atom. The molecule has 0 radical (unpaired) electrons. The van der Waals surface area contributed by atoms with Gasteiger partial charge in [0.1, 0.15) is 12.6 Å². The third kappa shape index (κ3) is 7.96. The number of amides is 2. The number of nitrogens with zero attached hydrogens (tertiary/aromatic N) is 2.